The van der Waals surface area contributed by atoms with Crippen LogP contribution in [0.25, 0.3) is 104 Å². The molecule has 0 bridgehead atoms. The minimum atomic E-state index is -0.941. The fourth-order valence-corrected chi connectivity index (χ4v) is 8.30. The minimum absolute atomic E-state index is 0.0645. The predicted octanol–water partition coefficient (Wildman–Crippen LogP) is 17.5. The minimum Gasteiger partial charge on any atom is -0.455 e. The summed E-state index contributed by atoms with van der Waals surface area (Å²) in [7, 11) is 0. The molecule has 0 aliphatic heterocycles. The maximum atomic E-state index is 9.84. The van der Waals surface area contributed by atoms with Crippen molar-refractivity contribution in [2.45, 2.75) is 0 Å². The molecule has 304 valence electrons. The summed E-state index contributed by atoms with van der Waals surface area (Å²) in [6, 6.07) is 10.3. The first kappa shape index (κ1) is 20.2. The molecule has 0 aliphatic rings. The van der Waals surface area contributed by atoms with Gasteiger partial charge in [-0.1, -0.05) is 169 Å². The first-order valence-electron chi connectivity index (χ1n) is 32.3. The van der Waals surface area contributed by atoms with E-state index in [2.05, 4.69) is 4.57 Å². The topological polar surface area (TPSA) is 21.3 Å². The summed E-state index contributed by atoms with van der Waals surface area (Å²) < 4.78 is 227. The van der Waals surface area contributed by atoms with Crippen LogP contribution in [0, 0.1) is 0 Å². The van der Waals surface area contributed by atoms with Crippen LogP contribution in [0.2, 0.25) is 0 Å². The quantitative estimate of drug-likeness (QED) is 0.159. The Hall–Kier alpha value is -8.66. The molecule has 0 aliphatic carbocycles. The second-order valence-corrected chi connectivity index (χ2v) is 15.0. The number of anilines is 3. The Labute approximate surface area is 410 Å². The largest absolute Gasteiger partial charge is 0.455 e. The van der Waals surface area contributed by atoms with E-state index in [1.54, 1.807) is 12.1 Å². The lowest BCUT2D eigenvalue weighted by Crippen LogP contribution is -2.09. The molecular formula is C62H40N2O. The van der Waals surface area contributed by atoms with E-state index in [0.29, 0.717) is 11.1 Å². The summed E-state index contributed by atoms with van der Waals surface area (Å²) in [6.45, 7) is 0. The molecule has 3 nitrogen and oxygen atoms in total. The summed E-state index contributed by atoms with van der Waals surface area (Å²) >= 11 is 0. The van der Waals surface area contributed by atoms with Crippen molar-refractivity contribution in [3.05, 3.63) is 242 Å². The van der Waals surface area contributed by atoms with Crippen LogP contribution in [-0.2, 0) is 0 Å². The molecule has 0 amide bonds. The maximum absolute atomic E-state index is 9.84. The molecule has 65 heavy (non-hydrogen) atoms. The van der Waals surface area contributed by atoms with Crippen molar-refractivity contribution in [2.24, 2.45) is 0 Å². The third-order valence-corrected chi connectivity index (χ3v) is 11.3. The van der Waals surface area contributed by atoms with Crippen LogP contribution < -0.4 is 4.90 Å². The van der Waals surface area contributed by atoms with Crippen LogP contribution in [0.5, 0.6) is 0 Å². The highest BCUT2D eigenvalue weighted by Gasteiger charge is 2.18. The van der Waals surface area contributed by atoms with Gasteiger partial charge in [0.1, 0.15) is 11.2 Å². The van der Waals surface area contributed by atoms with E-state index in [1.165, 1.54) is 12.1 Å². The Morgan fingerprint density at radius 3 is 1.74 bits per heavy atom. The van der Waals surface area contributed by atoms with Gasteiger partial charge in [-0.25, -0.2) is 0 Å². The zero-order chi connectivity index (χ0) is 63.7. The Balaban J connectivity index is 1.06. The SMILES string of the molecule is [2H]c1c([2H])c(N(c2ccc(-c3cccc(-n4c5ccccc5c5ccccc54)c3)cc2)c2c([2H])c([2H])c(-c3c([2H])c([2H])c([2H])c4c3oc3c5c([2H])c([2H])c([2H])c([2H])c5c([2H])c([2H])c34)c([2H])c2[2H])c([2H])c([2H])c1-c1c([2H])c([2H])c2c([2H])c([2H])c([2H])c([2H])c2c1[2H]. The molecule has 0 saturated heterocycles. The van der Waals surface area contributed by atoms with Crippen LogP contribution >= 0.6 is 0 Å². The van der Waals surface area contributed by atoms with Gasteiger partial charge >= 0.3 is 0 Å². The van der Waals surface area contributed by atoms with Gasteiger partial charge in [0, 0.05) is 55.2 Å². The van der Waals surface area contributed by atoms with Crippen LogP contribution in [0.3, 0.4) is 0 Å². The predicted molar refractivity (Wildman–Crippen MR) is 274 cm³/mol. The van der Waals surface area contributed by atoms with E-state index in [1.807, 2.05) is 72.8 Å². The van der Waals surface area contributed by atoms with Crippen LogP contribution in [0.15, 0.2) is 246 Å². The third-order valence-electron chi connectivity index (χ3n) is 11.3. The lowest BCUT2D eigenvalue weighted by molar-refractivity contribution is 0.674. The first-order chi connectivity index (χ1) is 42.2. The Morgan fingerprint density at radius 1 is 0.369 bits per heavy atom. The average Bonchev–Trinajstić information content (AvgIpc) is 1.67. The smallest absolute Gasteiger partial charge is 0.143 e. The van der Waals surface area contributed by atoms with Crippen molar-refractivity contribution in [2.75, 3.05) is 4.90 Å². The van der Waals surface area contributed by atoms with Gasteiger partial charge in [-0.15, -0.1) is 0 Å². The second-order valence-electron chi connectivity index (χ2n) is 15.0. The van der Waals surface area contributed by atoms with Crippen molar-refractivity contribution in [3.63, 3.8) is 0 Å². The molecule has 2 aromatic heterocycles. The average molecular weight is 853 g/mol. The molecule has 2 heterocycles. The molecule has 0 fully saturated rings. The van der Waals surface area contributed by atoms with Gasteiger partial charge in [0.2, 0.25) is 0 Å². The lowest BCUT2D eigenvalue weighted by Gasteiger charge is -2.26. The van der Waals surface area contributed by atoms with Crippen molar-refractivity contribution in [1.82, 2.24) is 4.57 Å². The van der Waals surface area contributed by atoms with Gasteiger partial charge in [0.15, 0.2) is 0 Å². The number of rotatable bonds is 7. The van der Waals surface area contributed by atoms with Crippen LogP contribution in [0.1, 0.15) is 32.9 Å². The van der Waals surface area contributed by atoms with Crippen molar-refractivity contribution in [3.8, 4) is 39.1 Å². The molecule has 13 rings (SSSR count). The van der Waals surface area contributed by atoms with Gasteiger partial charge in [-0.2, -0.15) is 0 Å². The highest BCUT2D eigenvalue weighted by Crippen LogP contribution is 2.42. The summed E-state index contributed by atoms with van der Waals surface area (Å²) in [4.78, 5) is 0.950. The first-order valence-corrected chi connectivity index (χ1v) is 20.3. The van der Waals surface area contributed by atoms with E-state index >= 15 is 0 Å². The molecule has 0 unspecified atom stereocenters. The standard InChI is InChI=1S/C62H40N2O/c1-2-13-46-39-48(24-23-41(46)11-1)43-27-34-50(35-28-43)63(51-36-29-45(30-37-51)54-19-10-20-57-58-38-31-44-12-3-4-16-53(44)62(58)65-61(54)57)49-32-25-42(26-33-49)47-14-9-15-52(40-47)64-59-21-7-5-17-55(59)56-18-6-8-22-60(56)64/h1-40H/i1D,2D,3D,4D,10D,11D,12D,13D,16D,19D,20D,23D,24D,27D,28D,29D,30D,31D,34D,35D,36D,37D,38D,39D. The second kappa shape index (κ2) is 15.0. The molecular weight excluding hydrogens is 789 g/mol. The Morgan fingerprint density at radius 2 is 0.985 bits per heavy atom. The molecule has 0 atom stereocenters. The summed E-state index contributed by atoms with van der Waals surface area (Å²) in [5, 5.41) is -0.502. The number of aromatic nitrogens is 1. The van der Waals surface area contributed by atoms with Gasteiger partial charge in [-0.05, 0) is 117 Å². The Bertz CT molecular complexity index is 5280. The van der Waals surface area contributed by atoms with Crippen molar-refractivity contribution in [1.29, 1.82) is 0 Å². The van der Waals surface area contributed by atoms with E-state index < -0.39 is 211 Å². The fourth-order valence-electron chi connectivity index (χ4n) is 8.30. The third kappa shape index (κ3) is 6.20. The fraction of sp³-hybridized carbons (Fsp3) is 0. The molecule has 3 heteroatoms. The molecule has 0 radical (unpaired) electrons. The normalized spacial score (nSPS) is 16.9. The van der Waals surface area contributed by atoms with E-state index in [4.69, 9.17) is 23.6 Å². The molecule has 0 spiro atoms. The van der Waals surface area contributed by atoms with Gasteiger partial charge in [0.25, 0.3) is 0 Å². The van der Waals surface area contributed by atoms with Crippen molar-refractivity contribution < 1.29 is 37.3 Å². The highest BCUT2D eigenvalue weighted by molar-refractivity contribution is 6.17. The number of furan rings is 1. The summed E-state index contributed by atoms with van der Waals surface area (Å²) in [6.07, 6.45) is 0. The molecule has 0 N–H and O–H groups in total. The molecule has 11 aromatic carbocycles. The zero-order valence-electron chi connectivity index (χ0n) is 57.5. The summed E-state index contributed by atoms with van der Waals surface area (Å²) in [5.74, 6) is 0. The monoisotopic (exact) mass is 852 g/mol. The van der Waals surface area contributed by atoms with Gasteiger partial charge < -0.3 is 13.9 Å². The molecule has 13 aromatic rings. The molecule has 0 saturated carbocycles. The number of hydrogen-bond donors (Lipinski definition) is 0. The summed E-state index contributed by atoms with van der Waals surface area (Å²) in [5.41, 5.74) is -1.14. The lowest BCUT2D eigenvalue weighted by atomic mass is 10.00. The van der Waals surface area contributed by atoms with E-state index in [0.717, 1.165) is 32.4 Å². The Kier molecular flexibility index (Phi) is 4.67. The highest BCUT2D eigenvalue weighted by atomic mass is 16.3. The van der Waals surface area contributed by atoms with E-state index in [-0.39, 0.29) is 16.5 Å². The van der Waals surface area contributed by atoms with Gasteiger partial charge in [-0.3, -0.25) is 0 Å². The number of hydrogen-bond acceptors (Lipinski definition) is 2. The number of fused-ring (bicyclic) bond motifs is 9. The number of benzene rings is 11. The number of nitrogens with zero attached hydrogens (tertiary/aromatic N) is 2. The van der Waals surface area contributed by atoms with Crippen molar-refractivity contribution >= 4 is 82.4 Å². The maximum Gasteiger partial charge on any atom is 0.143 e. The number of para-hydroxylation sites is 3. The van der Waals surface area contributed by atoms with Crippen LogP contribution in [-0.4, -0.2) is 4.57 Å². The van der Waals surface area contributed by atoms with Gasteiger partial charge in [0.05, 0.1) is 43.9 Å². The van der Waals surface area contributed by atoms with Crippen LogP contribution in [0.4, 0.5) is 17.1 Å². The zero-order valence-corrected chi connectivity index (χ0v) is 33.5. The van der Waals surface area contributed by atoms with E-state index in [9.17, 15) is 13.7 Å².